The minimum absolute atomic E-state index is 0.179. The van der Waals surface area contributed by atoms with E-state index >= 15 is 0 Å². The third-order valence-corrected chi connectivity index (χ3v) is 2.88. The molecule has 1 aromatic heterocycles. The highest BCUT2D eigenvalue weighted by molar-refractivity contribution is 5.94. The number of aryl methyl sites for hydroxylation is 1. The fourth-order valence-electron chi connectivity index (χ4n) is 1.83. The first-order valence-corrected chi connectivity index (χ1v) is 6.03. The second-order valence-corrected chi connectivity index (χ2v) is 4.56. The van der Waals surface area contributed by atoms with Crippen LogP contribution in [0.15, 0.2) is 36.7 Å². The van der Waals surface area contributed by atoms with Crippen LogP contribution in [0.4, 0.5) is 17.6 Å². The van der Waals surface area contributed by atoms with Crippen molar-refractivity contribution in [3.05, 3.63) is 59.2 Å². The standard InChI is InChI=1S/C14H12F4N2O/c1-20-5-4-9(8-20)7-19-13(21)10-2-3-12(15)11(6-10)14(16,17)18/h2-6,8H,7H2,1H3,(H,19,21). The molecule has 0 aliphatic heterocycles. The van der Waals surface area contributed by atoms with E-state index in [9.17, 15) is 22.4 Å². The molecule has 0 spiro atoms. The SMILES string of the molecule is Cn1ccc(CNC(=O)c2ccc(F)c(C(F)(F)F)c2)c1. The predicted molar refractivity (Wildman–Crippen MR) is 68.0 cm³/mol. The maximum absolute atomic E-state index is 13.1. The van der Waals surface area contributed by atoms with Crippen molar-refractivity contribution < 1.29 is 22.4 Å². The molecule has 3 nitrogen and oxygen atoms in total. The molecule has 0 unspecified atom stereocenters. The Kier molecular flexibility index (Phi) is 4.02. The third kappa shape index (κ3) is 3.62. The molecule has 0 fully saturated rings. The topological polar surface area (TPSA) is 34.0 Å². The summed E-state index contributed by atoms with van der Waals surface area (Å²) in [7, 11) is 1.81. The zero-order valence-corrected chi connectivity index (χ0v) is 11.0. The summed E-state index contributed by atoms with van der Waals surface area (Å²) in [4.78, 5) is 11.8. The zero-order valence-electron chi connectivity index (χ0n) is 11.0. The summed E-state index contributed by atoms with van der Waals surface area (Å²) in [6.45, 7) is 0.179. The van der Waals surface area contributed by atoms with Gasteiger partial charge in [0.15, 0.2) is 0 Å². The predicted octanol–water partition coefficient (Wildman–Crippen LogP) is 3.11. The van der Waals surface area contributed by atoms with Gasteiger partial charge in [-0.3, -0.25) is 4.79 Å². The lowest BCUT2D eigenvalue weighted by molar-refractivity contribution is -0.140. The van der Waals surface area contributed by atoms with Crippen molar-refractivity contribution in [1.29, 1.82) is 0 Å². The van der Waals surface area contributed by atoms with E-state index in [0.29, 0.717) is 12.1 Å². The average Bonchev–Trinajstić information content (AvgIpc) is 2.81. The summed E-state index contributed by atoms with van der Waals surface area (Å²) < 4.78 is 52.6. The van der Waals surface area contributed by atoms with Crippen molar-refractivity contribution in [2.45, 2.75) is 12.7 Å². The molecule has 2 aromatic rings. The van der Waals surface area contributed by atoms with Gasteiger partial charge in [-0.05, 0) is 29.8 Å². The Morgan fingerprint density at radius 1 is 1.29 bits per heavy atom. The van der Waals surface area contributed by atoms with Crippen LogP contribution in [-0.4, -0.2) is 10.5 Å². The van der Waals surface area contributed by atoms with Crippen LogP contribution in [0.3, 0.4) is 0 Å². The monoisotopic (exact) mass is 300 g/mol. The molecular weight excluding hydrogens is 288 g/mol. The Bertz CT molecular complexity index is 661. The molecule has 0 saturated heterocycles. The Morgan fingerprint density at radius 3 is 2.57 bits per heavy atom. The van der Waals surface area contributed by atoms with Gasteiger partial charge in [0, 0.05) is 31.5 Å². The largest absolute Gasteiger partial charge is 0.419 e. The molecule has 112 valence electrons. The quantitative estimate of drug-likeness (QED) is 0.868. The minimum Gasteiger partial charge on any atom is -0.357 e. The van der Waals surface area contributed by atoms with Crippen LogP contribution < -0.4 is 5.32 Å². The number of amides is 1. The van der Waals surface area contributed by atoms with Gasteiger partial charge in [0.1, 0.15) is 5.82 Å². The van der Waals surface area contributed by atoms with Gasteiger partial charge >= 0.3 is 6.18 Å². The van der Waals surface area contributed by atoms with E-state index in [1.54, 1.807) is 30.1 Å². The molecular formula is C14H12F4N2O. The molecule has 7 heteroatoms. The second kappa shape index (κ2) is 5.59. The molecule has 0 radical (unpaired) electrons. The van der Waals surface area contributed by atoms with Crippen LogP contribution in [0.2, 0.25) is 0 Å². The van der Waals surface area contributed by atoms with Crippen LogP contribution in [0.1, 0.15) is 21.5 Å². The number of alkyl halides is 3. The Hall–Kier alpha value is -2.31. The van der Waals surface area contributed by atoms with Gasteiger partial charge in [0.2, 0.25) is 0 Å². The second-order valence-electron chi connectivity index (χ2n) is 4.56. The van der Waals surface area contributed by atoms with Gasteiger partial charge in [-0.2, -0.15) is 13.2 Å². The average molecular weight is 300 g/mol. The van der Waals surface area contributed by atoms with Crippen LogP contribution in [-0.2, 0) is 19.8 Å². The minimum atomic E-state index is -4.83. The summed E-state index contributed by atoms with van der Waals surface area (Å²) in [5, 5.41) is 2.48. The third-order valence-electron chi connectivity index (χ3n) is 2.88. The molecule has 2 rings (SSSR count). The number of nitrogens with one attached hydrogen (secondary N) is 1. The van der Waals surface area contributed by atoms with E-state index in [1.807, 2.05) is 0 Å². The number of aromatic nitrogens is 1. The fourth-order valence-corrected chi connectivity index (χ4v) is 1.83. The highest BCUT2D eigenvalue weighted by Crippen LogP contribution is 2.31. The van der Waals surface area contributed by atoms with Gasteiger partial charge in [0.05, 0.1) is 5.56 Å². The van der Waals surface area contributed by atoms with E-state index in [-0.39, 0.29) is 12.1 Å². The normalized spacial score (nSPS) is 11.5. The zero-order chi connectivity index (χ0) is 15.6. The molecule has 1 amide bonds. The van der Waals surface area contributed by atoms with Crippen molar-refractivity contribution in [2.24, 2.45) is 7.05 Å². The van der Waals surface area contributed by atoms with Crippen molar-refractivity contribution in [3.8, 4) is 0 Å². The number of halogens is 4. The van der Waals surface area contributed by atoms with Crippen molar-refractivity contribution in [3.63, 3.8) is 0 Å². The number of nitrogens with zero attached hydrogens (tertiary/aromatic N) is 1. The maximum atomic E-state index is 13.1. The molecule has 1 heterocycles. The summed E-state index contributed by atoms with van der Waals surface area (Å²) in [5.74, 6) is -2.09. The Morgan fingerprint density at radius 2 is 2.00 bits per heavy atom. The number of carbonyl (C=O) groups excluding carboxylic acids is 1. The van der Waals surface area contributed by atoms with Crippen LogP contribution in [0.5, 0.6) is 0 Å². The maximum Gasteiger partial charge on any atom is 0.419 e. The Balaban J connectivity index is 2.12. The van der Waals surface area contributed by atoms with Gasteiger partial charge in [-0.1, -0.05) is 0 Å². The van der Waals surface area contributed by atoms with Crippen LogP contribution in [0.25, 0.3) is 0 Å². The lowest BCUT2D eigenvalue weighted by Crippen LogP contribution is -2.23. The first kappa shape index (κ1) is 15.1. The van der Waals surface area contributed by atoms with Gasteiger partial charge in [-0.25, -0.2) is 4.39 Å². The van der Waals surface area contributed by atoms with E-state index in [0.717, 1.165) is 11.6 Å². The number of rotatable bonds is 3. The highest BCUT2D eigenvalue weighted by Gasteiger charge is 2.34. The van der Waals surface area contributed by atoms with Crippen LogP contribution >= 0.6 is 0 Å². The summed E-state index contributed by atoms with van der Waals surface area (Å²) in [6, 6.07) is 3.94. The summed E-state index contributed by atoms with van der Waals surface area (Å²) in [6.07, 6.45) is -1.28. The molecule has 0 bridgehead atoms. The van der Waals surface area contributed by atoms with E-state index in [2.05, 4.69) is 5.32 Å². The molecule has 1 aromatic carbocycles. The first-order chi connectivity index (χ1) is 9.77. The van der Waals surface area contributed by atoms with E-state index in [1.165, 1.54) is 0 Å². The van der Waals surface area contributed by atoms with E-state index in [4.69, 9.17) is 0 Å². The molecule has 21 heavy (non-hydrogen) atoms. The van der Waals surface area contributed by atoms with Gasteiger partial charge in [-0.15, -0.1) is 0 Å². The van der Waals surface area contributed by atoms with Gasteiger partial charge < -0.3 is 9.88 Å². The number of benzene rings is 1. The van der Waals surface area contributed by atoms with Crippen molar-refractivity contribution in [1.82, 2.24) is 9.88 Å². The number of hydrogen-bond donors (Lipinski definition) is 1. The molecule has 0 saturated carbocycles. The lowest BCUT2D eigenvalue weighted by Gasteiger charge is -2.10. The smallest absolute Gasteiger partial charge is 0.357 e. The van der Waals surface area contributed by atoms with Crippen molar-refractivity contribution >= 4 is 5.91 Å². The lowest BCUT2D eigenvalue weighted by atomic mass is 10.1. The molecule has 0 aliphatic rings. The Labute approximate surface area is 118 Å². The first-order valence-electron chi connectivity index (χ1n) is 6.03. The molecule has 0 atom stereocenters. The summed E-state index contributed by atoms with van der Waals surface area (Å²) in [5.41, 5.74) is -0.876. The fraction of sp³-hybridized carbons (Fsp3) is 0.214. The van der Waals surface area contributed by atoms with Crippen molar-refractivity contribution in [2.75, 3.05) is 0 Å². The molecule has 0 aliphatic carbocycles. The number of hydrogen-bond acceptors (Lipinski definition) is 1. The highest BCUT2D eigenvalue weighted by atomic mass is 19.4. The van der Waals surface area contributed by atoms with Gasteiger partial charge in [0.25, 0.3) is 5.91 Å². The van der Waals surface area contributed by atoms with Crippen LogP contribution in [0, 0.1) is 5.82 Å². The van der Waals surface area contributed by atoms with E-state index < -0.39 is 23.5 Å². The summed E-state index contributed by atoms with van der Waals surface area (Å²) >= 11 is 0. The molecule has 1 N–H and O–H groups in total. The number of carbonyl (C=O) groups is 1.